The molecular formula is C26H38O. The van der Waals surface area contributed by atoms with Crippen molar-refractivity contribution in [3.63, 3.8) is 0 Å². The smallest absolute Gasteiger partial charge is 0.119 e. The Hall–Kier alpha value is -1.76. The van der Waals surface area contributed by atoms with Gasteiger partial charge in [0.2, 0.25) is 0 Å². The second kappa shape index (κ2) is 10.5. The fraction of sp³-hybridized carbons (Fsp3) is 0.538. The van der Waals surface area contributed by atoms with E-state index >= 15 is 0 Å². The predicted molar refractivity (Wildman–Crippen MR) is 118 cm³/mol. The number of benzene rings is 2. The number of hydrogen-bond donors (Lipinski definition) is 1. The molecule has 0 aliphatic heterocycles. The summed E-state index contributed by atoms with van der Waals surface area (Å²) in [6, 6.07) is 14.7. The van der Waals surface area contributed by atoms with Gasteiger partial charge >= 0.3 is 0 Å². The lowest BCUT2D eigenvalue weighted by Crippen LogP contribution is -2.22. The summed E-state index contributed by atoms with van der Waals surface area (Å²) in [5.74, 6) is 0.452. The molecular weight excluding hydrogens is 328 g/mol. The summed E-state index contributed by atoms with van der Waals surface area (Å²) in [6.45, 7) is 9.02. The fourth-order valence-corrected chi connectivity index (χ4v) is 4.17. The zero-order valence-corrected chi connectivity index (χ0v) is 17.9. The van der Waals surface area contributed by atoms with Crippen molar-refractivity contribution in [2.45, 2.75) is 90.9 Å². The molecule has 0 saturated carbocycles. The van der Waals surface area contributed by atoms with Gasteiger partial charge in [-0.25, -0.2) is 0 Å². The van der Waals surface area contributed by atoms with Crippen molar-refractivity contribution in [2.24, 2.45) is 0 Å². The van der Waals surface area contributed by atoms with Gasteiger partial charge in [0.15, 0.2) is 0 Å². The van der Waals surface area contributed by atoms with Crippen molar-refractivity contribution < 1.29 is 5.11 Å². The Kier molecular flexibility index (Phi) is 8.41. The molecule has 0 saturated heterocycles. The van der Waals surface area contributed by atoms with Crippen molar-refractivity contribution in [2.75, 3.05) is 0 Å². The van der Waals surface area contributed by atoms with E-state index in [1.807, 2.05) is 6.07 Å². The van der Waals surface area contributed by atoms with Crippen molar-refractivity contribution in [1.82, 2.24) is 0 Å². The quantitative estimate of drug-likeness (QED) is 0.406. The molecule has 2 aromatic rings. The third-order valence-electron chi connectivity index (χ3n) is 5.84. The predicted octanol–water partition coefficient (Wildman–Crippen LogP) is 7.57. The van der Waals surface area contributed by atoms with Gasteiger partial charge in [0, 0.05) is 11.0 Å². The van der Waals surface area contributed by atoms with Crippen molar-refractivity contribution >= 4 is 0 Å². The fourth-order valence-electron chi connectivity index (χ4n) is 4.17. The Bertz CT molecular complexity index is 685. The van der Waals surface area contributed by atoms with Crippen LogP contribution in [0.5, 0.6) is 5.75 Å². The van der Waals surface area contributed by atoms with Gasteiger partial charge in [-0.3, -0.25) is 0 Å². The SMILES string of the molecule is CCCCCCCc1c(CCCC)ccc(O)c1C(C)(C)c1ccccc1. The standard InChI is InChI=1S/C26H38O/c1-5-7-9-10-14-18-23-21(15-8-6-2)19-20-24(27)25(23)26(3,4)22-16-12-11-13-17-22/h11-13,16-17,19-20,27H,5-10,14-15,18H2,1-4H3. The van der Waals surface area contributed by atoms with Gasteiger partial charge in [0.1, 0.15) is 5.75 Å². The summed E-state index contributed by atoms with van der Waals surface area (Å²) in [7, 11) is 0. The molecule has 2 rings (SSSR count). The highest BCUT2D eigenvalue weighted by Crippen LogP contribution is 2.41. The molecule has 0 aliphatic rings. The largest absolute Gasteiger partial charge is 0.508 e. The van der Waals surface area contributed by atoms with Crippen LogP contribution in [0.3, 0.4) is 0 Å². The van der Waals surface area contributed by atoms with Gasteiger partial charge in [0.05, 0.1) is 0 Å². The minimum absolute atomic E-state index is 0.202. The van der Waals surface area contributed by atoms with Crippen LogP contribution in [0.25, 0.3) is 0 Å². The van der Waals surface area contributed by atoms with E-state index in [4.69, 9.17) is 0 Å². The van der Waals surface area contributed by atoms with E-state index in [9.17, 15) is 5.11 Å². The summed E-state index contributed by atoms with van der Waals surface area (Å²) in [5, 5.41) is 10.9. The number of aryl methyl sites for hydroxylation is 1. The minimum atomic E-state index is -0.202. The average molecular weight is 367 g/mol. The molecule has 0 spiro atoms. The lowest BCUT2D eigenvalue weighted by molar-refractivity contribution is 0.449. The highest BCUT2D eigenvalue weighted by Gasteiger charge is 2.29. The molecule has 1 nitrogen and oxygen atoms in total. The molecule has 0 fully saturated rings. The van der Waals surface area contributed by atoms with Crippen LogP contribution < -0.4 is 0 Å². The maximum Gasteiger partial charge on any atom is 0.119 e. The molecule has 0 aromatic heterocycles. The van der Waals surface area contributed by atoms with Crippen LogP contribution in [-0.2, 0) is 18.3 Å². The molecule has 148 valence electrons. The molecule has 1 N–H and O–H groups in total. The first-order valence-corrected chi connectivity index (χ1v) is 10.9. The number of aromatic hydroxyl groups is 1. The van der Waals surface area contributed by atoms with Gasteiger partial charge in [0.25, 0.3) is 0 Å². The van der Waals surface area contributed by atoms with Crippen LogP contribution in [0.1, 0.15) is 94.9 Å². The summed E-state index contributed by atoms with van der Waals surface area (Å²) in [4.78, 5) is 0. The third kappa shape index (κ3) is 5.61. The Morgan fingerprint density at radius 1 is 0.741 bits per heavy atom. The molecule has 0 atom stereocenters. The minimum Gasteiger partial charge on any atom is -0.508 e. The summed E-state index contributed by atoms with van der Waals surface area (Å²) in [6.07, 6.45) is 11.0. The Morgan fingerprint density at radius 2 is 1.41 bits per heavy atom. The second-order valence-corrected chi connectivity index (χ2v) is 8.36. The zero-order valence-electron chi connectivity index (χ0n) is 17.9. The van der Waals surface area contributed by atoms with Crippen LogP contribution in [0, 0.1) is 0 Å². The molecule has 1 heteroatoms. The number of hydrogen-bond acceptors (Lipinski definition) is 1. The number of rotatable bonds is 11. The number of unbranched alkanes of at least 4 members (excludes halogenated alkanes) is 5. The van der Waals surface area contributed by atoms with Crippen LogP contribution >= 0.6 is 0 Å². The molecule has 0 bridgehead atoms. The van der Waals surface area contributed by atoms with Crippen LogP contribution in [-0.4, -0.2) is 5.11 Å². The van der Waals surface area contributed by atoms with E-state index in [1.165, 1.54) is 61.6 Å². The normalized spacial score (nSPS) is 11.7. The molecule has 27 heavy (non-hydrogen) atoms. The topological polar surface area (TPSA) is 20.2 Å². The second-order valence-electron chi connectivity index (χ2n) is 8.36. The Balaban J connectivity index is 2.41. The lowest BCUT2D eigenvalue weighted by atomic mass is 9.73. The molecule has 0 unspecified atom stereocenters. The van der Waals surface area contributed by atoms with Crippen LogP contribution in [0.4, 0.5) is 0 Å². The third-order valence-corrected chi connectivity index (χ3v) is 5.84. The number of phenolic OH excluding ortho intramolecular Hbond substituents is 1. The molecule has 0 heterocycles. The van der Waals surface area contributed by atoms with Crippen molar-refractivity contribution in [3.05, 3.63) is 64.7 Å². The molecule has 0 radical (unpaired) electrons. The number of phenols is 1. The Labute approximate surface area is 166 Å². The summed E-state index contributed by atoms with van der Waals surface area (Å²) < 4.78 is 0. The van der Waals surface area contributed by atoms with Crippen molar-refractivity contribution in [3.8, 4) is 5.75 Å². The van der Waals surface area contributed by atoms with Gasteiger partial charge < -0.3 is 5.11 Å². The first-order valence-electron chi connectivity index (χ1n) is 10.9. The van der Waals surface area contributed by atoms with Gasteiger partial charge in [-0.15, -0.1) is 0 Å². The van der Waals surface area contributed by atoms with E-state index in [-0.39, 0.29) is 5.41 Å². The Morgan fingerprint density at radius 3 is 2.07 bits per heavy atom. The van der Waals surface area contributed by atoms with E-state index < -0.39 is 0 Å². The monoisotopic (exact) mass is 366 g/mol. The van der Waals surface area contributed by atoms with Crippen molar-refractivity contribution in [1.29, 1.82) is 0 Å². The van der Waals surface area contributed by atoms with Crippen LogP contribution in [0.2, 0.25) is 0 Å². The first kappa shape index (κ1) is 21.5. The van der Waals surface area contributed by atoms with Gasteiger partial charge in [-0.05, 0) is 48.4 Å². The molecule has 2 aromatic carbocycles. The van der Waals surface area contributed by atoms with Gasteiger partial charge in [-0.2, -0.15) is 0 Å². The zero-order chi connectivity index (χ0) is 19.7. The highest BCUT2D eigenvalue weighted by molar-refractivity contribution is 5.53. The van der Waals surface area contributed by atoms with Crippen LogP contribution in [0.15, 0.2) is 42.5 Å². The maximum atomic E-state index is 10.9. The lowest BCUT2D eigenvalue weighted by Gasteiger charge is -2.31. The van der Waals surface area contributed by atoms with Gasteiger partial charge in [-0.1, -0.05) is 96.2 Å². The van der Waals surface area contributed by atoms with E-state index in [0.717, 1.165) is 18.4 Å². The molecule has 0 amide bonds. The highest BCUT2D eigenvalue weighted by atomic mass is 16.3. The molecule has 0 aliphatic carbocycles. The van der Waals surface area contributed by atoms with E-state index in [0.29, 0.717) is 5.75 Å². The van der Waals surface area contributed by atoms with E-state index in [1.54, 1.807) is 0 Å². The van der Waals surface area contributed by atoms with E-state index in [2.05, 4.69) is 64.1 Å². The average Bonchev–Trinajstić information content (AvgIpc) is 2.67. The maximum absolute atomic E-state index is 10.9. The summed E-state index contributed by atoms with van der Waals surface area (Å²) >= 11 is 0. The first-order chi connectivity index (χ1) is 13.0. The summed E-state index contributed by atoms with van der Waals surface area (Å²) in [5.41, 5.74) is 5.03.